The first-order chi connectivity index (χ1) is 12.7. The third-order valence-corrected chi connectivity index (χ3v) is 7.36. The van der Waals surface area contributed by atoms with Crippen LogP contribution in [0.1, 0.15) is 44.8 Å². The molecule has 1 aromatic carbocycles. The Kier molecular flexibility index (Phi) is 7.56. The molecule has 0 saturated heterocycles. The summed E-state index contributed by atoms with van der Waals surface area (Å²) >= 11 is 1.49. The molecule has 0 aliphatic carbocycles. The first-order valence-electron chi connectivity index (χ1n) is 9.25. The maximum atomic E-state index is 12.8. The number of amides is 1. The molecule has 2 aromatic rings. The van der Waals surface area contributed by atoms with Crippen molar-refractivity contribution in [3.63, 3.8) is 0 Å². The van der Waals surface area contributed by atoms with E-state index in [4.69, 9.17) is 0 Å². The number of sulfone groups is 1. The maximum absolute atomic E-state index is 12.8. The molecule has 5 nitrogen and oxygen atoms in total. The van der Waals surface area contributed by atoms with Gasteiger partial charge < -0.3 is 4.90 Å². The second-order valence-electron chi connectivity index (χ2n) is 7.03. The van der Waals surface area contributed by atoms with Crippen molar-refractivity contribution in [1.29, 1.82) is 0 Å². The molecule has 1 heterocycles. The molecular weight excluding hydrogens is 380 g/mol. The molecule has 0 fully saturated rings. The number of benzene rings is 1. The van der Waals surface area contributed by atoms with Gasteiger partial charge in [-0.1, -0.05) is 32.0 Å². The maximum Gasteiger partial charge on any atom is 0.245 e. The summed E-state index contributed by atoms with van der Waals surface area (Å²) in [6, 6.07) is 9.14. The van der Waals surface area contributed by atoms with Gasteiger partial charge in [-0.3, -0.25) is 4.79 Å². The van der Waals surface area contributed by atoms with E-state index >= 15 is 0 Å². The van der Waals surface area contributed by atoms with Crippen molar-refractivity contribution in [2.75, 3.05) is 11.4 Å². The Hall–Kier alpha value is -1.73. The quantitative estimate of drug-likeness (QED) is 0.627. The van der Waals surface area contributed by atoms with Gasteiger partial charge in [0.25, 0.3) is 0 Å². The molecule has 1 amide bonds. The lowest BCUT2D eigenvalue weighted by atomic mass is 10.1. The fraction of sp³-hybridized carbons (Fsp3) is 0.500. The Bertz CT molecular complexity index is 845. The number of hydrogen-bond acceptors (Lipinski definition) is 5. The molecule has 1 unspecified atom stereocenters. The average molecular weight is 409 g/mol. The lowest BCUT2D eigenvalue weighted by Gasteiger charge is -2.24. The van der Waals surface area contributed by atoms with Crippen molar-refractivity contribution in [2.45, 2.75) is 51.5 Å². The molecule has 2 rings (SSSR count). The molecule has 0 aliphatic rings. The molecule has 0 radical (unpaired) electrons. The number of anilines is 1. The largest absolute Gasteiger partial charge is 0.312 e. The second-order valence-corrected chi connectivity index (χ2v) is 10.3. The Balaban J connectivity index is 2.10. The van der Waals surface area contributed by atoms with Gasteiger partial charge in [0.1, 0.15) is 5.25 Å². The summed E-state index contributed by atoms with van der Waals surface area (Å²) in [5, 5.41) is 1.63. The van der Waals surface area contributed by atoms with Gasteiger partial charge in [0.2, 0.25) is 5.91 Å². The molecule has 0 N–H and O–H groups in total. The van der Waals surface area contributed by atoms with Gasteiger partial charge in [0.15, 0.2) is 9.84 Å². The SMILES string of the molecule is CCN(C(=O)C(C)S(=O)(=O)Cc1csc(CCC(C)C)n1)c1ccccc1. The first-order valence-corrected chi connectivity index (χ1v) is 11.8. The molecular formula is C20H28N2O3S2. The molecule has 7 heteroatoms. The number of carbonyl (C=O) groups excluding carboxylic acids is 1. The fourth-order valence-corrected chi connectivity index (χ4v) is 4.88. The Labute approximate surface area is 166 Å². The molecule has 0 spiro atoms. The molecule has 27 heavy (non-hydrogen) atoms. The highest BCUT2D eigenvalue weighted by Gasteiger charge is 2.32. The third kappa shape index (κ3) is 5.87. The Morgan fingerprint density at radius 3 is 2.44 bits per heavy atom. The van der Waals surface area contributed by atoms with Crippen LogP contribution in [0.25, 0.3) is 0 Å². The lowest BCUT2D eigenvalue weighted by Crippen LogP contribution is -2.42. The van der Waals surface area contributed by atoms with E-state index < -0.39 is 21.0 Å². The molecule has 0 saturated carbocycles. The first kappa shape index (κ1) is 21.6. The zero-order valence-corrected chi connectivity index (χ0v) is 18.0. The summed E-state index contributed by atoms with van der Waals surface area (Å²) in [7, 11) is -3.64. The monoisotopic (exact) mass is 408 g/mol. The van der Waals surface area contributed by atoms with Crippen LogP contribution in [0.3, 0.4) is 0 Å². The van der Waals surface area contributed by atoms with E-state index in [0.29, 0.717) is 23.8 Å². The van der Waals surface area contributed by atoms with E-state index in [2.05, 4.69) is 18.8 Å². The number of carbonyl (C=O) groups is 1. The van der Waals surface area contributed by atoms with Crippen LogP contribution in [0, 0.1) is 5.92 Å². The summed E-state index contributed by atoms with van der Waals surface area (Å²) in [5.41, 5.74) is 1.23. The molecule has 0 bridgehead atoms. The Morgan fingerprint density at radius 2 is 1.85 bits per heavy atom. The van der Waals surface area contributed by atoms with Crippen LogP contribution in [-0.2, 0) is 26.8 Å². The number of para-hydroxylation sites is 1. The standard InChI is InChI=1S/C20H28N2O3S2/c1-5-22(18-9-7-6-8-10-18)20(23)16(4)27(24,25)14-17-13-26-19(21-17)12-11-15(2)3/h6-10,13,15-16H,5,11-12,14H2,1-4H3. The van der Waals surface area contributed by atoms with E-state index in [-0.39, 0.29) is 5.75 Å². The van der Waals surface area contributed by atoms with Gasteiger partial charge in [-0.15, -0.1) is 11.3 Å². The van der Waals surface area contributed by atoms with Crippen LogP contribution in [0.4, 0.5) is 5.69 Å². The highest BCUT2D eigenvalue weighted by molar-refractivity contribution is 7.92. The Morgan fingerprint density at radius 1 is 1.19 bits per heavy atom. The molecule has 1 atom stereocenters. The van der Waals surface area contributed by atoms with Gasteiger partial charge in [-0.25, -0.2) is 13.4 Å². The zero-order valence-electron chi connectivity index (χ0n) is 16.4. The third-order valence-electron chi connectivity index (χ3n) is 4.42. The highest BCUT2D eigenvalue weighted by atomic mass is 32.2. The minimum absolute atomic E-state index is 0.204. The van der Waals surface area contributed by atoms with E-state index in [1.54, 1.807) is 5.38 Å². The van der Waals surface area contributed by atoms with Crippen molar-refractivity contribution >= 4 is 32.8 Å². The lowest BCUT2D eigenvalue weighted by molar-refractivity contribution is -0.117. The van der Waals surface area contributed by atoms with Crippen molar-refractivity contribution in [3.8, 4) is 0 Å². The number of thiazole rings is 1. The zero-order chi connectivity index (χ0) is 20.0. The topological polar surface area (TPSA) is 67.3 Å². The predicted molar refractivity (Wildman–Crippen MR) is 112 cm³/mol. The van der Waals surface area contributed by atoms with Gasteiger partial charge in [0, 0.05) is 17.6 Å². The van der Waals surface area contributed by atoms with Crippen LogP contribution < -0.4 is 4.90 Å². The highest BCUT2D eigenvalue weighted by Crippen LogP contribution is 2.21. The number of aryl methyl sites for hydroxylation is 1. The van der Waals surface area contributed by atoms with Crippen LogP contribution in [-0.4, -0.2) is 31.1 Å². The second kappa shape index (κ2) is 9.46. The number of nitrogens with zero attached hydrogens (tertiary/aromatic N) is 2. The normalized spacial score (nSPS) is 12.9. The van der Waals surface area contributed by atoms with E-state index in [1.165, 1.54) is 23.2 Å². The summed E-state index contributed by atoms with van der Waals surface area (Å²) in [6.45, 7) is 8.02. The molecule has 0 aliphatic heterocycles. The van der Waals surface area contributed by atoms with E-state index in [1.807, 2.05) is 37.3 Å². The van der Waals surface area contributed by atoms with E-state index in [0.717, 1.165) is 17.8 Å². The minimum atomic E-state index is -3.64. The van der Waals surface area contributed by atoms with Crippen LogP contribution in [0.2, 0.25) is 0 Å². The van der Waals surface area contributed by atoms with Crippen molar-refractivity contribution in [3.05, 3.63) is 46.4 Å². The predicted octanol–water partition coefficient (Wildman–Crippen LogP) is 4.09. The minimum Gasteiger partial charge on any atom is -0.312 e. The number of hydrogen-bond donors (Lipinski definition) is 0. The molecule has 1 aromatic heterocycles. The van der Waals surface area contributed by atoms with Crippen molar-refractivity contribution < 1.29 is 13.2 Å². The van der Waals surface area contributed by atoms with Crippen molar-refractivity contribution in [1.82, 2.24) is 4.98 Å². The summed E-state index contributed by atoms with van der Waals surface area (Å²) < 4.78 is 25.6. The van der Waals surface area contributed by atoms with Gasteiger partial charge in [0.05, 0.1) is 16.5 Å². The van der Waals surface area contributed by atoms with Gasteiger partial charge in [-0.05, 0) is 44.7 Å². The van der Waals surface area contributed by atoms with Gasteiger partial charge in [-0.2, -0.15) is 0 Å². The average Bonchev–Trinajstić information content (AvgIpc) is 3.07. The molecule has 148 valence electrons. The number of rotatable bonds is 9. The summed E-state index contributed by atoms with van der Waals surface area (Å²) in [4.78, 5) is 18.8. The van der Waals surface area contributed by atoms with Crippen LogP contribution in [0.15, 0.2) is 35.7 Å². The van der Waals surface area contributed by atoms with Crippen LogP contribution >= 0.6 is 11.3 Å². The van der Waals surface area contributed by atoms with Gasteiger partial charge >= 0.3 is 0 Å². The van der Waals surface area contributed by atoms with E-state index in [9.17, 15) is 13.2 Å². The summed E-state index contributed by atoms with van der Waals surface area (Å²) in [6.07, 6.45) is 1.88. The number of aromatic nitrogens is 1. The summed E-state index contributed by atoms with van der Waals surface area (Å²) in [5.74, 6) is -0.0274. The van der Waals surface area contributed by atoms with Crippen molar-refractivity contribution in [2.24, 2.45) is 5.92 Å². The fourth-order valence-electron chi connectivity index (χ4n) is 2.72. The smallest absolute Gasteiger partial charge is 0.245 e. The van der Waals surface area contributed by atoms with Crippen LogP contribution in [0.5, 0.6) is 0 Å².